The Labute approximate surface area is 151 Å². The van der Waals surface area contributed by atoms with Gasteiger partial charge in [-0.1, -0.05) is 43.3 Å². The Kier molecular flexibility index (Phi) is 4.05. The van der Waals surface area contributed by atoms with Crippen molar-refractivity contribution in [3.05, 3.63) is 82.4 Å². The summed E-state index contributed by atoms with van der Waals surface area (Å²) in [5.74, 6) is -0.920. The number of nitriles is 1. The van der Waals surface area contributed by atoms with Crippen molar-refractivity contribution in [3.8, 4) is 28.3 Å². The second-order valence-corrected chi connectivity index (χ2v) is 6.60. The summed E-state index contributed by atoms with van der Waals surface area (Å²) in [6, 6.07) is 16.0. The van der Waals surface area contributed by atoms with E-state index in [1.807, 2.05) is 6.07 Å². The summed E-state index contributed by atoms with van der Waals surface area (Å²) in [7, 11) is 0. The fourth-order valence-corrected chi connectivity index (χ4v) is 3.71. The summed E-state index contributed by atoms with van der Waals surface area (Å²) in [5.41, 5.74) is 6.03. The van der Waals surface area contributed by atoms with Crippen molar-refractivity contribution in [2.24, 2.45) is 0 Å². The summed E-state index contributed by atoms with van der Waals surface area (Å²) < 4.78 is 29.1. The first-order chi connectivity index (χ1) is 12.6. The molecule has 3 aromatic carbocycles. The van der Waals surface area contributed by atoms with E-state index in [-0.39, 0.29) is 11.4 Å². The highest BCUT2D eigenvalue weighted by atomic mass is 19.1. The van der Waals surface area contributed by atoms with E-state index in [0.29, 0.717) is 23.1 Å². The lowest BCUT2D eigenvalue weighted by atomic mass is 9.83. The molecule has 26 heavy (non-hydrogen) atoms. The third-order valence-electron chi connectivity index (χ3n) is 5.16. The van der Waals surface area contributed by atoms with Crippen molar-refractivity contribution in [3.63, 3.8) is 0 Å². The summed E-state index contributed by atoms with van der Waals surface area (Å²) >= 11 is 0. The van der Waals surface area contributed by atoms with Gasteiger partial charge in [0.15, 0.2) is 0 Å². The summed E-state index contributed by atoms with van der Waals surface area (Å²) in [4.78, 5) is 0. The fraction of sp³-hybridized carbons (Fsp3) is 0.174. The molecule has 0 N–H and O–H groups in total. The Morgan fingerprint density at radius 3 is 2.42 bits per heavy atom. The van der Waals surface area contributed by atoms with Gasteiger partial charge in [-0.15, -0.1) is 0 Å². The van der Waals surface area contributed by atoms with Gasteiger partial charge in [0.2, 0.25) is 0 Å². The van der Waals surface area contributed by atoms with Gasteiger partial charge in [-0.05, 0) is 64.8 Å². The first-order valence-corrected chi connectivity index (χ1v) is 8.76. The van der Waals surface area contributed by atoms with Crippen LogP contribution < -0.4 is 0 Å². The number of fused-ring (bicyclic) bond motifs is 3. The summed E-state index contributed by atoms with van der Waals surface area (Å²) in [5, 5.41) is 8.86. The normalized spacial score (nSPS) is 12.2. The molecule has 0 aliphatic heterocycles. The van der Waals surface area contributed by atoms with Gasteiger partial charge in [0.1, 0.15) is 17.7 Å². The van der Waals surface area contributed by atoms with E-state index in [4.69, 9.17) is 5.26 Å². The molecule has 1 aliphatic rings. The molecule has 0 aromatic heterocycles. The zero-order valence-corrected chi connectivity index (χ0v) is 14.4. The third kappa shape index (κ3) is 2.59. The lowest BCUT2D eigenvalue weighted by molar-refractivity contribution is 0.609. The van der Waals surface area contributed by atoms with Crippen LogP contribution in [0.25, 0.3) is 22.3 Å². The highest BCUT2D eigenvalue weighted by molar-refractivity contribution is 5.78. The molecule has 3 heteroatoms. The highest BCUT2D eigenvalue weighted by Gasteiger charge is 2.22. The molecule has 1 aliphatic carbocycles. The van der Waals surface area contributed by atoms with E-state index in [9.17, 15) is 4.39 Å². The van der Waals surface area contributed by atoms with Crippen LogP contribution >= 0.6 is 0 Å². The van der Waals surface area contributed by atoms with E-state index in [0.717, 1.165) is 24.0 Å². The van der Waals surface area contributed by atoms with Crippen LogP contribution in [0.3, 0.4) is 0 Å². The Bertz CT molecular complexity index is 1060. The van der Waals surface area contributed by atoms with E-state index < -0.39 is 5.82 Å². The first-order valence-electron chi connectivity index (χ1n) is 8.76. The number of nitrogens with zero attached hydrogens (tertiary/aromatic N) is 1. The van der Waals surface area contributed by atoms with Gasteiger partial charge in [0.05, 0.1) is 5.56 Å². The maximum absolute atomic E-state index is 15.2. The van der Waals surface area contributed by atoms with Crippen LogP contribution in [0.15, 0.2) is 48.5 Å². The predicted octanol–water partition coefficient (Wildman–Crippen LogP) is 5.83. The predicted molar refractivity (Wildman–Crippen MR) is 98.7 cm³/mol. The maximum atomic E-state index is 15.2. The second kappa shape index (κ2) is 6.38. The molecule has 0 bridgehead atoms. The highest BCUT2D eigenvalue weighted by Crippen LogP contribution is 2.38. The number of aryl methyl sites for hydroxylation is 2. The second-order valence-electron chi connectivity index (χ2n) is 6.60. The lowest BCUT2D eigenvalue weighted by Gasteiger charge is -2.22. The molecule has 0 saturated carbocycles. The van der Waals surface area contributed by atoms with Gasteiger partial charge in [0.25, 0.3) is 0 Å². The molecule has 0 saturated heterocycles. The van der Waals surface area contributed by atoms with E-state index in [2.05, 4.69) is 25.1 Å². The molecule has 0 spiro atoms. The van der Waals surface area contributed by atoms with Gasteiger partial charge in [-0.3, -0.25) is 0 Å². The zero-order valence-electron chi connectivity index (χ0n) is 14.4. The number of hydrogen-bond acceptors (Lipinski definition) is 1. The molecule has 128 valence electrons. The zero-order chi connectivity index (χ0) is 18.3. The number of rotatable bonds is 2. The third-order valence-corrected chi connectivity index (χ3v) is 5.16. The minimum atomic E-state index is -0.625. The van der Waals surface area contributed by atoms with E-state index >= 15 is 4.39 Å². The van der Waals surface area contributed by atoms with Crippen molar-refractivity contribution >= 4 is 0 Å². The SMILES string of the molecule is CCc1ccc2c(c1)CCc1c-2ccc(-c2ccc(C#N)c(F)c2)c1F. The van der Waals surface area contributed by atoms with Crippen LogP contribution in [0, 0.1) is 23.0 Å². The number of benzene rings is 3. The van der Waals surface area contributed by atoms with Crippen molar-refractivity contribution in [2.45, 2.75) is 26.2 Å². The summed E-state index contributed by atoms with van der Waals surface area (Å²) in [6.45, 7) is 2.13. The molecular formula is C23H17F2N. The Balaban J connectivity index is 1.83. The minimum Gasteiger partial charge on any atom is -0.206 e. The van der Waals surface area contributed by atoms with Crippen LogP contribution in [0.1, 0.15) is 29.2 Å². The topological polar surface area (TPSA) is 23.8 Å². The molecule has 1 nitrogen and oxygen atoms in total. The van der Waals surface area contributed by atoms with Crippen LogP contribution in [-0.4, -0.2) is 0 Å². The quantitative estimate of drug-likeness (QED) is 0.573. The maximum Gasteiger partial charge on any atom is 0.141 e. The average Bonchev–Trinajstić information content (AvgIpc) is 2.67. The van der Waals surface area contributed by atoms with Gasteiger partial charge in [-0.25, -0.2) is 8.78 Å². The molecule has 4 rings (SSSR count). The average molecular weight is 345 g/mol. The Morgan fingerprint density at radius 1 is 0.923 bits per heavy atom. The van der Waals surface area contributed by atoms with Gasteiger partial charge < -0.3 is 0 Å². The van der Waals surface area contributed by atoms with Crippen LogP contribution in [0.2, 0.25) is 0 Å². The Morgan fingerprint density at radius 2 is 1.69 bits per heavy atom. The molecule has 0 heterocycles. The van der Waals surface area contributed by atoms with Crippen molar-refractivity contribution < 1.29 is 8.78 Å². The lowest BCUT2D eigenvalue weighted by Crippen LogP contribution is -2.08. The van der Waals surface area contributed by atoms with Crippen molar-refractivity contribution in [1.29, 1.82) is 5.26 Å². The van der Waals surface area contributed by atoms with Crippen LogP contribution in [-0.2, 0) is 19.3 Å². The van der Waals surface area contributed by atoms with E-state index in [1.54, 1.807) is 18.2 Å². The van der Waals surface area contributed by atoms with Crippen molar-refractivity contribution in [1.82, 2.24) is 0 Å². The van der Waals surface area contributed by atoms with Gasteiger partial charge in [0, 0.05) is 5.56 Å². The summed E-state index contributed by atoms with van der Waals surface area (Å²) in [6.07, 6.45) is 2.42. The van der Waals surface area contributed by atoms with Gasteiger partial charge in [-0.2, -0.15) is 5.26 Å². The molecule has 0 radical (unpaired) electrons. The smallest absolute Gasteiger partial charge is 0.141 e. The first kappa shape index (κ1) is 16.5. The largest absolute Gasteiger partial charge is 0.206 e. The van der Waals surface area contributed by atoms with Crippen LogP contribution in [0.5, 0.6) is 0 Å². The molecule has 0 atom stereocenters. The fourth-order valence-electron chi connectivity index (χ4n) is 3.71. The van der Waals surface area contributed by atoms with Gasteiger partial charge >= 0.3 is 0 Å². The van der Waals surface area contributed by atoms with Crippen LogP contribution in [0.4, 0.5) is 8.78 Å². The molecule has 3 aromatic rings. The monoisotopic (exact) mass is 345 g/mol. The number of hydrogen-bond donors (Lipinski definition) is 0. The standard InChI is InChI=1S/C23H17F2N/c1-2-14-3-7-18-15(11-14)6-8-21-20(18)10-9-19(23(21)25)16-4-5-17(13-26)22(24)12-16/h3-5,7,9-12H,2,6,8H2,1H3. The van der Waals surface area contributed by atoms with Crippen molar-refractivity contribution in [2.75, 3.05) is 0 Å². The Hall–Kier alpha value is -2.99. The molecule has 0 amide bonds. The molecule has 0 unspecified atom stereocenters. The molecule has 0 fully saturated rings. The molecular weight excluding hydrogens is 328 g/mol. The number of halogens is 2. The minimum absolute atomic E-state index is 0.0345. The van der Waals surface area contributed by atoms with E-state index in [1.165, 1.54) is 23.3 Å².